The van der Waals surface area contributed by atoms with Crippen LogP contribution >= 0.6 is 0 Å². The molecular weight excluding hydrogens is 385 g/mol. The lowest BCUT2D eigenvalue weighted by atomic mass is 10.4. The minimum absolute atomic E-state index is 0.353. The lowest BCUT2D eigenvalue weighted by molar-refractivity contribution is -0.137. The summed E-state index contributed by atoms with van der Waals surface area (Å²) in [6.07, 6.45) is 3.07. The maximum atomic E-state index is 11.2. The molecule has 148 valence electrons. The second kappa shape index (κ2) is 9.77. The van der Waals surface area contributed by atoms with Gasteiger partial charge in [0.2, 0.25) is 0 Å². The summed E-state index contributed by atoms with van der Waals surface area (Å²) in [7, 11) is -0.327. The average molecular weight is 423 g/mol. The third kappa shape index (κ3) is 5.24. The van der Waals surface area contributed by atoms with E-state index < -0.39 is 30.1 Å². The summed E-state index contributed by atoms with van der Waals surface area (Å²) in [4.78, 5) is 11.2. The molecule has 0 saturated carbocycles. The van der Waals surface area contributed by atoms with E-state index in [9.17, 15) is 4.79 Å². The summed E-state index contributed by atoms with van der Waals surface area (Å²) >= 11 is 0. The molecule has 0 bridgehead atoms. The number of ether oxygens (including phenoxy) is 1. The number of unbranched alkanes of at least 4 members (excludes halogenated alkanes) is 1. The van der Waals surface area contributed by atoms with Crippen LogP contribution in [0.5, 0.6) is 0 Å². The standard InChI is InChI=1S/C16H38O5Si4/c1-11-16(17)21-14-12-13-15-25(22(5,6)18-2,23(7,8)19-3)24(9,10)20-4/h11H,1,12-15H2,2-10H3. The molecule has 0 spiro atoms. The van der Waals surface area contributed by atoms with Crippen LogP contribution in [0.1, 0.15) is 12.8 Å². The van der Waals surface area contributed by atoms with Crippen molar-refractivity contribution < 1.29 is 22.8 Å². The van der Waals surface area contributed by atoms with Gasteiger partial charge in [-0.1, -0.05) is 19.0 Å². The third-order valence-electron chi connectivity index (χ3n) is 5.97. The van der Waals surface area contributed by atoms with E-state index in [1.807, 2.05) is 21.3 Å². The molecule has 0 radical (unpaired) electrons. The number of esters is 1. The van der Waals surface area contributed by atoms with Gasteiger partial charge in [0.25, 0.3) is 0 Å². The normalized spacial score (nSPS) is 13.6. The van der Waals surface area contributed by atoms with E-state index in [4.69, 9.17) is 18.0 Å². The van der Waals surface area contributed by atoms with E-state index >= 15 is 0 Å². The topological polar surface area (TPSA) is 54.0 Å². The van der Waals surface area contributed by atoms with Crippen LogP contribution in [0.15, 0.2) is 12.7 Å². The van der Waals surface area contributed by atoms with Crippen LogP contribution in [-0.4, -0.2) is 64.0 Å². The second-order valence-electron chi connectivity index (χ2n) is 7.88. The Morgan fingerprint density at radius 1 is 0.840 bits per heavy atom. The van der Waals surface area contributed by atoms with Crippen molar-refractivity contribution in [1.29, 1.82) is 0 Å². The molecule has 0 aromatic heterocycles. The van der Waals surface area contributed by atoms with E-state index in [1.165, 1.54) is 6.08 Å². The van der Waals surface area contributed by atoms with E-state index in [2.05, 4.69) is 45.9 Å². The molecule has 25 heavy (non-hydrogen) atoms. The molecular formula is C16H38O5Si4. The number of hydrogen-bond donors (Lipinski definition) is 0. The predicted molar refractivity (Wildman–Crippen MR) is 114 cm³/mol. The summed E-state index contributed by atoms with van der Waals surface area (Å²) in [6.45, 7) is 16.0. The first-order valence-corrected chi connectivity index (χ1v) is 22.8. The number of hydrogen-bond acceptors (Lipinski definition) is 5. The molecule has 0 aliphatic heterocycles. The van der Waals surface area contributed by atoms with Gasteiger partial charge in [0.15, 0.2) is 23.5 Å². The van der Waals surface area contributed by atoms with E-state index in [0.717, 1.165) is 18.9 Å². The van der Waals surface area contributed by atoms with E-state index in [1.54, 1.807) is 0 Å². The Balaban J connectivity index is 5.66. The van der Waals surface area contributed by atoms with Gasteiger partial charge in [0.1, 0.15) is 6.63 Å². The third-order valence-corrected chi connectivity index (χ3v) is 71.4. The summed E-state index contributed by atoms with van der Waals surface area (Å²) in [5.74, 6) is -0.353. The molecule has 0 aromatic rings. The predicted octanol–water partition coefficient (Wildman–Crippen LogP) is 3.73. The molecule has 9 heteroatoms. The molecule has 0 fully saturated rings. The Hall–Kier alpha value is -0.0425. The largest absolute Gasteiger partial charge is 0.463 e. The SMILES string of the molecule is C=CC(=O)OCCCC[Si]([Si](C)(C)OC)([Si](C)(C)OC)[Si](C)(C)OC. The Kier molecular flexibility index (Phi) is 9.75. The highest BCUT2D eigenvalue weighted by molar-refractivity contribution is 7.87. The fourth-order valence-corrected chi connectivity index (χ4v) is 80.2. The van der Waals surface area contributed by atoms with Crippen molar-refractivity contribution >= 4 is 36.1 Å². The minimum Gasteiger partial charge on any atom is -0.463 e. The number of carbonyl (C=O) groups excluding carboxylic acids is 1. The molecule has 0 amide bonds. The van der Waals surface area contributed by atoms with Gasteiger partial charge in [-0.3, -0.25) is 0 Å². The van der Waals surface area contributed by atoms with Crippen LogP contribution in [0, 0.1) is 0 Å². The minimum atomic E-state index is -1.97. The maximum absolute atomic E-state index is 11.2. The van der Waals surface area contributed by atoms with Crippen molar-refractivity contribution in [2.24, 2.45) is 0 Å². The number of rotatable bonds is 12. The molecule has 0 aliphatic carbocycles. The van der Waals surface area contributed by atoms with Crippen LogP contribution < -0.4 is 0 Å². The van der Waals surface area contributed by atoms with Gasteiger partial charge in [-0.15, -0.1) is 0 Å². The first-order valence-electron chi connectivity index (χ1n) is 8.83. The first kappa shape index (κ1) is 25.0. The molecule has 0 rings (SSSR count). The molecule has 0 saturated heterocycles. The quantitative estimate of drug-likeness (QED) is 0.207. The molecule has 0 heterocycles. The Bertz CT molecular complexity index is 411. The van der Waals surface area contributed by atoms with Crippen molar-refractivity contribution in [2.75, 3.05) is 27.9 Å². The molecule has 0 aromatic carbocycles. The average Bonchev–Trinajstić information content (AvgIpc) is 2.56. The maximum Gasteiger partial charge on any atom is 0.330 e. The van der Waals surface area contributed by atoms with Gasteiger partial charge in [-0.2, -0.15) is 0 Å². The lowest BCUT2D eigenvalue weighted by Crippen LogP contribution is -2.86. The fraction of sp³-hybridized carbons (Fsp3) is 0.812. The zero-order valence-corrected chi connectivity index (χ0v) is 21.7. The van der Waals surface area contributed by atoms with Gasteiger partial charge < -0.3 is 18.0 Å². The van der Waals surface area contributed by atoms with Crippen molar-refractivity contribution in [1.82, 2.24) is 0 Å². The number of carbonyl (C=O) groups is 1. The summed E-state index contributed by atoms with van der Waals surface area (Å²) in [6, 6.07) is 1.12. The van der Waals surface area contributed by atoms with Gasteiger partial charge >= 0.3 is 5.97 Å². The van der Waals surface area contributed by atoms with Crippen molar-refractivity contribution in [2.45, 2.75) is 58.2 Å². The molecule has 0 N–H and O–H groups in total. The van der Waals surface area contributed by atoms with Gasteiger partial charge in [0, 0.05) is 27.4 Å². The van der Waals surface area contributed by atoms with Gasteiger partial charge in [0.05, 0.1) is 6.61 Å². The summed E-state index contributed by atoms with van der Waals surface area (Å²) in [5, 5.41) is 0. The first-order chi connectivity index (χ1) is 11.4. The zero-order chi connectivity index (χ0) is 19.9. The Morgan fingerprint density at radius 2 is 1.24 bits per heavy atom. The van der Waals surface area contributed by atoms with Crippen LogP contribution in [0.25, 0.3) is 0 Å². The Morgan fingerprint density at radius 3 is 1.56 bits per heavy atom. The zero-order valence-electron chi connectivity index (χ0n) is 17.7. The fourth-order valence-electron chi connectivity index (χ4n) is 4.32. The lowest BCUT2D eigenvalue weighted by Gasteiger charge is -2.56. The highest BCUT2D eigenvalue weighted by Gasteiger charge is 2.69. The molecule has 5 nitrogen and oxygen atoms in total. The van der Waals surface area contributed by atoms with E-state index in [0.29, 0.717) is 6.61 Å². The van der Waals surface area contributed by atoms with Gasteiger partial charge in [-0.25, -0.2) is 4.79 Å². The van der Waals surface area contributed by atoms with Crippen molar-refractivity contribution in [3.63, 3.8) is 0 Å². The second-order valence-corrected chi connectivity index (χ2v) is 43.5. The van der Waals surface area contributed by atoms with Gasteiger partial charge in [-0.05, 0) is 45.7 Å². The monoisotopic (exact) mass is 422 g/mol. The van der Waals surface area contributed by atoms with Crippen LogP contribution in [0.3, 0.4) is 0 Å². The van der Waals surface area contributed by atoms with Crippen LogP contribution in [-0.2, 0) is 22.8 Å². The molecule has 0 atom stereocenters. The smallest absolute Gasteiger partial charge is 0.330 e. The summed E-state index contributed by atoms with van der Waals surface area (Å²) in [5.41, 5.74) is 0. The highest BCUT2D eigenvalue weighted by atomic mass is 29.9. The molecule has 0 unspecified atom stereocenters. The van der Waals surface area contributed by atoms with Crippen molar-refractivity contribution in [3.05, 3.63) is 12.7 Å². The van der Waals surface area contributed by atoms with Crippen LogP contribution in [0.4, 0.5) is 0 Å². The van der Waals surface area contributed by atoms with Crippen molar-refractivity contribution in [3.8, 4) is 0 Å². The van der Waals surface area contributed by atoms with E-state index in [-0.39, 0.29) is 5.97 Å². The molecule has 0 aliphatic rings. The van der Waals surface area contributed by atoms with Crippen LogP contribution in [0.2, 0.25) is 45.3 Å². The Labute approximate surface area is 157 Å². The highest BCUT2D eigenvalue weighted by Crippen LogP contribution is 2.41. The summed E-state index contributed by atoms with van der Waals surface area (Å²) < 4.78 is 23.8.